The van der Waals surface area contributed by atoms with Crippen molar-refractivity contribution in [2.24, 2.45) is 0 Å². The number of aromatic nitrogens is 5. The number of fused-ring (bicyclic) bond motifs is 1. The van der Waals surface area contributed by atoms with Crippen molar-refractivity contribution in [1.82, 2.24) is 30.1 Å². The van der Waals surface area contributed by atoms with E-state index in [4.69, 9.17) is 9.15 Å². The second kappa shape index (κ2) is 12.5. The van der Waals surface area contributed by atoms with Gasteiger partial charge in [-0.2, -0.15) is 0 Å². The lowest BCUT2D eigenvalue weighted by atomic mass is 9.99. The molecule has 6 aromatic rings. The monoisotopic (exact) mass is 574 g/mol. The molecule has 0 saturated carbocycles. The number of rotatable bonds is 11. The van der Waals surface area contributed by atoms with Crippen LogP contribution in [0.3, 0.4) is 0 Å². The molecule has 0 fully saturated rings. The van der Waals surface area contributed by atoms with Crippen LogP contribution in [0, 0.1) is 13.8 Å². The molecule has 0 aliphatic rings. The van der Waals surface area contributed by atoms with E-state index in [-0.39, 0.29) is 5.56 Å². The lowest BCUT2D eigenvalue weighted by molar-refractivity contribution is 0.178. The second-order valence-electron chi connectivity index (χ2n) is 10.8. The Hall–Kier alpha value is -5.02. The van der Waals surface area contributed by atoms with Crippen molar-refractivity contribution in [1.29, 1.82) is 0 Å². The van der Waals surface area contributed by atoms with Crippen LogP contribution in [0.25, 0.3) is 10.9 Å². The van der Waals surface area contributed by atoms with Gasteiger partial charge < -0.3 is 14.1 Å². The summed E-state index contributed by atoms with van der Waals surface area (Å²) in [5.41, 5.74) is 5.54. The maximum atomic E-state index is 14.0. The first-order valence-corrected chi connectivity index (χ1v) is 14.3. The van der Waals surface area contributed by atoms with Gasteiger partial charge in [0.25, 0.3) is 5.56 Å². The van der Waals surface area contributed by atoms with Gasteiger partial charge in [0.05, 0.1) is 25.4 Å². The molecular formula is C34H34N6O3. The molecule has 0 aliphatic carbocycles. The summed E-state index contributed by atoms with van der Waals surface area (Å²) in [5, 5.41) is 14.0. The number of aryl methyl sites for hydroxylation is 4. The number of methoxy groups -OCH3 is 1. The van der Waals surface area contributed by atoms with Crippen LogP contribution in [0.4, 0.5) is 0 Å². The van der Waals surface area contributed by atoms with E-state index in [1.807, 2.05) is 78.3 Å². The largest absolute Gasteiger partial charge is 0.497 e. The molecule has 9 nitrogen and oxygen atoms in total. The highest BCUT2D eigenvalue weighted by molar-refractivity contribution is 5.85. The fraction of sp³-hybridized carbons (Fsp3) is 0.235. The number of aromatic amines is 1. The zero-order chi connectivity index (χ0) is 29.8. The summed E-state index contributed by atoms with van der Waals surface area (Å²) in [6.07, 6.45) is 2.41. The summed E-state index contributed by atoms with van der Waals surface area (Å²) in [7, 11) is 1.65. The highest BCUT2D eigenvalue weighted by Crippen LogP contribution is 2.31. The average Bonchev–Trinajstić information content (AvgIpc) is 3.72. The van der Waals surface area contributed by atoms with Crippen molar-refractivity contribution >= 4 is 10.9 Å². The first-order chi connectivity index (χ1) is 21.0. The molecular weight excluding hydrogens is 540 g/mol. The molecule has 0 bridgehead atoms. The van der Waals surface area contributed by atoms with Crippen LogP contribution in [0.5, 0.6) is 5.75 Å². The van der Waals surface area contributed by atoms with Gasteiger partial charge >= 0.3 is 0 Å². The molecule has 3 aromatic heterocycles. The van der Waals surface area contributed by atoms with Crippen LogP contribution in [0.1, 0.15) is 45.4 Å². The van der Waals surface area contributed by atoms with Gasteiger partial charge in [-0.05, 0) is 83.3 Å². The smallest absolute Gasteiger partial charge is 0.253 e. The minimum Gasteiger partial charge on any atom is -0.497 e. The van der Waals surface area contributed by atoms with Crippen LogP contribution in [-0.2, 0) is 26.1 Å². The predicted octanol–water partition coefficient (Wildman–Crippen LogP) is 5.77. The molecule has 0 saturated heterocycles. The summed E-state index contributed by atoms with van der Waals surface area (Å²) >= 11 is 0. The van der Waals surface area contributed by atoms with Gasteiger partial charge in [-0.15, -0.1) is 5.10 Å². The maximum absolute atomic E-state index is 14.0. The summed E-state index contributed by atoms with van der Waals surface area (Å²) < 4.78 is 13.0. The van der Waals surface area contributed by atoms with Gasteiger partial charge in [-0.3, -0.25) is 9.69 Å². The molecule has 6 rings (SSSR count). The van der Waals surface area contributed by atoms with Crippen LogP contribution in [0.15, 0.2) is 100 Å². The standard InChI is InChI=1S/C34H34N6O3/c1-23-11-12-24(2)31-29(23)20-30(34(41)35-31)32(33-36-37-38-40(33)18-17-25-8-5-4-6-9-25)39(22-28-10-7-19-43-28)21-26-13-15-27(42-3)16-14-26/h4-16,19-20,32H,17-18,21-22H2,1-3H3,(H,35,41)/t32-/m1/s1. The Morgan fingerprint density at radius 2 is 1.72 bits per heavy atom. The fourth-order valence-electron chi connectivity index (χ4n) is 5.55. The summed E-state index contributed by atoms with van der Waals surface area (Å²) in [4.78, 5) is 19.3. The van der Waals surface area contributed by atoms with E-state index in [1.54, 1.807) is 13.4 Å². The number of ether oxygens (including phenoxy) is 1. The van der Waals surface area contributed by atoms with Gasteiger partial charge in [0.2, 0.25) is 0 Å². The van der Waals surface area contributed by atoms with E-state index in [1.165, 1.54) is 5.56 Å². The van der Waals surface area contributed by atoms with Crippen LogP contribution >= 0.6 is 0 Å². The third-order valence-electron chi connectivity index (χ3n) is 7.88. The van der Waals surface area contributed by atoms with Crippen molar-refractivity contribution < 1.29 is 9.15 Å². The molecule has 218 valence electrons. The Morgan fingerprint density at radius 1 is 0.930 bits per heavy atom. The number of nitrogens with one attached hydrogen (secondary N) is 1. The number of pyridine rings is 1. The van der Waals surface area contributed by atoms with Crippen LogP contribution in [0.2, 0.25) is 0 Å². The summed E-state index contributed by atoms with van der Waals surface area (Å²) in [5.74, 6) is 2.14. The number of H-pyrrole nitrogens is 1. The molecule has 1 N–H and O–H groups in total. The highest BCUT2D eigenvalue weighted by atomic mass is 16.5. The number of tetrazole rings is 1. The second-order valence-corrected chi connectivity index (χ2v) is 10.8. The van der Waals surface area contributed by atoms with E-state index < -0.39 is 6.04 Å². The number of hydrogen-bond acceptors (Lipinski definition) is 7. The van der Waals surface area contributed by atoms with E-state index in [2.05, 4.69) is 50.5 Å². The SMILES string of the molecule is COc1ccc(CN(Cc2ccco2)[C@H](c2cc3c(C)ccc(C)c3[nH]c2=O)c2nnnn2CCc2ccccc2)cc1. The molecule has 0 unspecified atom stereocenters. The van der Waals surface area contributed by atoms with Gasteiger partial charge in [-0.1, -0.05) is 54.6 Å². The van der Waals surface area contributed by atoms with Gasteiger partial charge in [-0.25, -0.2) is 4.68 Å². The van der Waals surface area contributed by atoms with Crippen molar-refractivity contribution in [2.45, 2.75) is 45.9 Å². The third-order valence-corrected chi connectivity index (χ3v) is 7.88. The Bertz CT molecular complexity index is 1860. The highest BCUT2D eigenvalue weighted by Gasteiger charge is 2.31. The lowest BCUT2D eigenvalue weighted by Gasteiger charge is -2.30. The number of benzene rings is 3. The fourth-order valence-corrected chi connectivity index (χ4v) is 5.55. The molecule has 1 atom stereocenters. The Balaban J connectivity index is 1.49. The predicted molar refractivity (Wildman–Crippen MR) is 165 cm³/mol. The van der Waals surface area contributed by atoms with Gasteiger partial charge in [0.15, 0.2) is 5.82 Å². The van der Waals surface area contributed by atoms with Gasteiger partial charge in [0.1, 0.15) is 17.6 Å². The van der Waals surface area contributed by atoms with Crippen molar-refractivity contribution in [3.63, 3.8) is 0 Å². The van der Waals surface area contributed by atoms with E-state index in [0.717, 1.165) is 45.5 Å². The minimum absolute atomic E-state index is 0.178. The first kappa shape index (κ1) is 28.1. The number of nitrogens with zero attached hydrogens (tertiary/aromatic N) is 5. The lowest BCUT2D eigenvalue weighted by Crippen LogP contribution is -2.35. The quantitative estimate of drug-likeness (QED) is 0.210. The molecule has 0 spiro atoms. The molecule has 9 heteroatoms. The average molecular weight is 575 g/mol. The topological polar surface area (TPSA) is 102 Å². The first-order valence-electron chi connectivity index (χ1n) is 14.3. The molecule has 0 aliphatic heterocycles. The van der Waals surface area contributed by atoms with Crippen LogP contribution < -0.4 is 10.3 Å². The Kier molecular flexibility index (Phi) is 8.15. The number of furan rings is 1. The molecule has 3 heterocycles. The van der Waals surface area contributed by atoms with Crippen LogP contribution in [-0.4, -0.2) is 37.2 Å². The zero-order valence-corrected chi connectivity index (χ0v) is 24.5. The van der Waals surface area contributed by atoms with Gasteiger partial charge in [0, 0.05) is 24.0 Å². The maximum Gasteiger partial charge on any atom is 0.253 e. The molecule has 3 aromatic carbocycles. The molecule has 43 heavy (non-hydrogen) atoms. The molecule has 0 amide bonds. The Labute approximate surface area is 249 Å². The van der Waals surface area contributed by atoms with E-state index in [9.17, 15) is 4.79 Å². The van der Waals surface area contributed by atoms with E-state index in [0.29, 0.717) is 31.0 Å². The van der Waals surface area contributed by atoms with Crippen molar-refractivity contribution in [2.75, 3.05) is 7.11 Å². The molecule has 0 radical (unpaired) electrons. The Morgan fingerprint density at radius 3 is 2.47 bits per heavy atom. The summed E-state index contributed by atoms with van der Waals surface area (Å²) in [6, 6.07) is 27.5. The normalized spacial score (nSPS) is 12.2. The van der Waals surface area contributed by atoms with E-state index >= 15 is 0 Å². The van der Waals surface area contributed by atoms with Crippen molar-refractivity contribution in [3.8, 4) is 5.75 Å². The zero-order valence-electron chi connectivity index (χ0n) is 24.5. The van der Waals surface area contributed by atoms with Crippen molar-refractivity contribution in [3.05, 3.63) is 141 Å². The summed E-state index contributed by atoms with van der Waals surface area (Å²) in [6.45, 7) is 5.56. The third kappa shape index (κ3) is 6.12. The minimum atomic E-state index is -0.578. The number of hydrogen-bond donors (Lipinski definition) is 1.